The van der Waals surface area contributed by atoms with Gasteiger partial charge in [0.05, 0.1) is 6.61 Å². The molecule has 0 aliphatic heterocycles. The first-order chi connectivity index (χ1) is 6.79. The number of carbonyl (C=O) groups is 1. The molecule has 0 radical (unpaired) electrons. The first-order valence-electron chi connectivity index (χ1n) is 4.42. The lowest BCUT2D eigenvalue weighted by Gasteiger charge is -2.08. The number of hydrogen-bond donors (Lipinski definition) is 1. The van der Waals surface area contributed by atoms with Gasteiger partial charge in [-0.05, 0) is 18.6 Å². The lowest BCUT2D eigenvalue weighted by Crippen LogP contribution is -2.12. The van der Waals surface area contributed by atoms with E-state index in [-0.39, 0.29) is 0 Å². The molecule has 0 unspecified atom stereocenters. The summed E-state index contributed by atoms with van der Waals surface area (Å²) in [6, 6.07) is 6.84. The van der Waals surface area contributed by atoms with Gasteiger partial charge in [0.15, 0.2) is 0 Å². The smallest absolute Gasteiger partial charge is 0.360 e. The van der Waals surface area contributed by atoms with Gasteiger partial charge in [-0.2, -0.15) is 5.90 Å². The molecule has 0 aliphatic rings. The average molecular weight is 195 g/mol. The van der Waals surface area contributed by atoms with E-state index in [1.165, 1.54) is 0 Å². The highest BCUT2D eigenvalue weighted by molar-refractivity contribution is 5.92. The van der Waals surface area contributed by atoms with Crippen LogP contribution in [0.2, 0.25) is 0 Å². The molecule has 0 saturated carbocycles. The molecule has 0 fully saturated rings. The van der Waals surface area contributed by atoms with Crippen molar-refractivity contribution in [1.82, 2.24) is 0 Å². The molecule has 0 bridgehead atoms. The third-order valence-corrected chi connectivity index (χ3v) is 1.68. The largest absolute Gasteiger partial charge is 0.493 e. The van der Waals surface area contributed by atoms with Crippen LogP contribution in [-0.2, 0) is 4.84 Å². The highest BCUT2D eigenvalue weighted by atomic mass is 16.7. The van der Waals surface area contributed by atoms with E-state index in [1.54, 1.807) is 24.3 Å². The summed E-state index contributed by atoms with van der Waals surface area (Å²) in [5, 5.41) is 0. The molecule has 2 N–H and O–H groups in total. The van der Waals surface area contributed by atoms with Crippen LogP contribution in [0.4, 0.5) is 0 Å². The Morgan fingerprint density at radius 2 is 2.14 bits per heavy atom. The van der Waals surface area contributed by atoms with Crippen molar-refractivity contribution < 1.29 is 14.4 Å². The normalized spacial score (nSPS) is 9.57. The van der Waals surface area contributed by atoms with Gasteiger partial charge in [-0.1, -0.05) is 19.1 Å². The van der Waals surface area contributed by atoms with E-state index < -0.39 is 5.97 Å². The van der Waals surface area contributed by atoms with Gasteiger partial charge < -0.3 is 9.57 Å². The van der Waals surface area contributed by atoms with Crippen molar-refractivity contribution in [3.05, 3.63) is 29.8 Å². The Kier molecular flexibility index (Phi) is 3.94. The molecule has 0 aliphatic carbocycles. The number of hydrogen-bond acceptors (Lipinski definition) is 4. The third kappa shape index (κ3) is 2.47. The van der Waals surface area contributed by atoms with Crippen molar-refractivity contribution in [2.24, 2.45) is 5.90 Å². The van der Waals surface area contributed by atoms with Crippen LogP contribution in [0, 0.1) is 0 Å². The predicted octanol–water partition coefficient (Wildman–Crippen LogP) is 1.51. The topological polar surface area (TPSA) is 61.5 Å². The van der Waals surface area contributed by atoms with E-state index in [9.17, 15) is 4.79 Å². The number of ether oxygens (including phenoxy) is 1. The predicted molar refractivity (Wildman–Crippen MR) is 51.8 cm³/mol. The molecule has 4 nitrogen and oxygen atoms in total. The van der Waals surface area contributed by atoms with Crippen LogP contribution in [0.25, 0.3) is 0 Å². The summed E-state index contributed by atoms with van der Waals surface area (Å²) in [5.74, 6) is 4.71. The van der Waals surface area contributed by atoms with Crippen molar-refractivity contribution in [2.45, 2.75) is 13.3 Å². The minimum atomic E-state index is -0.586. The Morgan fingerprint density at radius 1 is 1.43 bits per heavy atom. The zero-order chi connectivity index (χ0) is 10.4. The van der Waals surface area contributed by atoms with Crippen molar-refractivity contribution >= 4 is 5.97 Å². The van der Waals surface area contributed by atoms with Crippen LogP contribution in [0.1, 0.15) is 23.7 Å². The second kappa shape index (κ2) is 5.24. The number of nitrogens with two attached hydrogens (primary N) is 1. The Labute approximate surface area is 82.6 Å². The minimum absolute atomic E-state index is 0.350. The fraction of sp³-hybridized carbons (Fsp3) is 0.300. The molecule has 0 atom stereocenters. The molecule has 0 heterocycles. The third-order valence-electron chi connectivity index (χ3n) is 1.68. The van der Waals surface area contributed by atoms with Crippen LogP contribution in [0.15, 0.2) is 24.3 Å². The van der Waals surface area contributed by atoms with E-state index in [4.69, 9.17) is 10.6 Å². The van der Waals surface area contributed by atoms with E-state index in [0.29, 0.717) is 17.9 Å². The standard InChI is InChI=1S/C10H13NO3/c1-2-7-13-9-6-4-3-5-8(9)10(12)14-11/h3-6H,2,7,11H2,1H3. The minimum Gasteiger partial charge on any atom is -0.493 e. The van der Waals surface area contributed by atoms with Crippen molar-refractivity contribution in [3.8, 4) is 5.75 Å². The molecule has 0 amide bonds. The number of rotatable bonds is 4. The summed E-state index contributed by atoms with van der Waals surface area (Å²) in [5.41, 5.74) is 0.350. The summed E-state index contributed by atoms with van der Waals surface area (Å²) < 4.78 is 5.35. The van der Waals surface area contributed by atoms with Crippen LogP contribution in [0.3, 0.4) is 0 Å². The molecule has 14 heavy (non-hydrogen) atoms. The molecule has 1 aromatic rings. The first-order valence-corrected chi connectivity index (χ1v) is 4.42. The molecule has 1 aromatic carbocycles. The van der Waals surface area contributed by atoms with Crippen molar-refractivity contribution in [3.63, 3.8) is 0 Å². The van der Waals surface area contributed by atoms with E-state index in [1.807, 2.05) is 6.92 Å². The second-order valence-electron chi connectivity index (χ2n) is 2.75. The first kappa shape index (κ1) is 10.5. The summed E-state index contributed by atoms with van der Waals surface area (Å²) in [7, 11) is 0. The average Bonchev–Trinajstić information content (AvgIpc) is 2.25. The van der Waals surface area contributed by atoms with Crippen LogP contribution >= 0.6 is 0 Å². The van der Waals surface area contributed by atoms with Crippen LogP contribution in [0.5, 0.6) is 5.75 Å². The summed E-state index contributed by atoms with van der Waals surface area (Å²) >= 11 is 0. The molecule has 0 aromatic heterocycles. The fourth-order valence-corrected chi connectivity index (χ4v) is 1.04. The monoisotopic (exact) mass is 195 g/mol. The Balaban J connectivity index is 2.85. The molecule has 1 rings (SSSR count). The van der Waals surface area contributed by atoms with Crippen molar-refractivity contribution in [1.29, 1.82) is 0 Å². The SMILES string of the molecule is CCCOc1ccccc1C(=O)ON. The molecule has 0 saturated heterocycles. The van der Waals surface area contributed by atoms with Crippen molar-refractivity contribution in [2.75, 3.05) is 6.61 Å². The highest BCUT2D eigenvalue weighted by Crippen LogP contribution is 2.18. The maximum absolute atomic E-state index is 11.2. The molecular formula is C10H13NO3. The summed E-state index contributed by atoms with van der Waals surface area (Å²) in [6.45, 7) is 2.55. The Hall–Kier alpha value is -1.55. The molecular weight excluding hydrogens is 182 g/mol. The maximum Gasteiger partial charge on any atom is 0.360 e. The Bertz CT molecular complexity index is 312. The number of benzene rings is 1. The summed E-state index contributed by atoms with van der Waals surface area (Å²) in [6.07, 6.45) is 0.881. The van der Waals surface area contributed by atoms with Gasteiger partial charge in [0.1, 0.15) is 11.3 Å². The second-order valence-corrected chi connectivity index (χ2v) is 2.75. The Morgan fingerprint density at radius 3 is 2.79 bits per heavy atom. The summed E-state index contributed by atoms with van der Waals surface area (Å²) in [4.78, 5) is 15.3. The highest BCUT2D eigenvalue weighted by Gasteiger charge is 2.11. The van der Waals surface area contributed by atoms with E-state index in [2.05, 4.69) is 4.84 Å². The quantitative estimate of drug-likeness (QED) is 0.739. The lowest BCUT2D eigenvalue weighted by molar-refractivity contribution is 0.0498. The molecule has 76 valence electrons. The zero-order valence-corrected chi connectivity index (χ0v) is 8.03. The van der Waals surface area contributed by atoms with Gasteiger partial charge >= 0.3 is 5.97 Å². The van der Waals surface area contributed by atoms with Gasteiger partial charge in [-0.3, -0.25) is 0 Å². The van der Waals surface area contributed by atoms with Crippen LogP contribution < -0.4 is 10.6 Å². The van der Waals surface area contributed by atoms with E-state index >= 15 is 0 Å². The van der Waals surface area contributed by atoms with Gasteiger partial charge in [-0.25, -0.2) is 4.79 Å². The van der Waals surface area contributed by atoms with E-state index in [0.717, 1.165) is 6.42 Å². The van der Waals surface area contributed by atoms with Crippen LogP contribution in [-0.4, -0.2) is 12.6 Å². The van der Waals surface area contributed by atoms with Gasteiger partial charge in [-0.15, -0.1) is 0 Å². The lowest BCUT2D eigenvalue weighted by atomic mass is 10.2. The zero-order valence-electron chi connectivity index (χ0n) is 8.03. The van der Waals surface area contributed by atoms with Gasteiger partial charge in [0, 0.05) is 0 Å². The molecule has 4 heteroatoms. The fourth-order valence-electron chi connectivity index (χ4n) is 1.04. The number of para-hydroxylation sites is 1. The maximum atomic E-state index is 11.2. The van der Waals surface area contributed by atoms with Gasteiger partial charge in [0.2, 0.25) is 0 Å². The van der Waals surface area contributed by atoms with Gasteiger partial charge in [0.25, 0.3) is 0 Å². The molecule has 0 spiro atoms. The number of carbonyl (C=O) groups excluding carboxylic acids is 1.